The van der Waals surface area contributed by atoms with Crippen molar-refractivity contribution >= 4 is 29.9 Å². The van der Waals surface area contributed by atoms with Gasteiger partial charge in [0.2, 0.25) is 0 Å². The van der Waals surface area contributed by atoms with E-state index in [9.17, 15) is 9.59 Å². The highest BCUT2D eigenvalue weighted by atomic mass is 35.5. The van der Waals surface area contributed by atoms with Crippen molar-refractivity contribution in [1.29, 1.82) is 0 Å². The number of furan rings is 1. The number of hydrogen-bond acceptors (Lipinski definition) is 5. The maximum Gasteiger partial charge on any atom is 0.291 e. The van der Waals surface area contributed by atoms with Gasteiger partial charge in [0.25, 0.3) is 11.8 Å². The van der Waals surface area contributed by atoms with Crippen LogP contribution < -0.4 is 15.8 Å². The van der Waals surface area contributed by atoms with Gasteiger partial charge >= 0.3 is 0 Å². The summed E-state index contributed by atoms with van der Waals surface area (Å²) in [6.07, 6.45) is 3.46. The molecule has 2 amide bonds. The third-order valence-corrected chi connectivity index (χ3v) is 4.75. The van der Waals surface area contributed by atoms with Gasteiger partial charge in [-0.15, -0.1) is 12.4 Å². The number of anilines is 1. The lowest BCUT2D eigenvalue weighted by Crippen LogP contribution is -2.46. The molecule has 0 radical (unpaired) electrons. The Balaban J connectivity index is 0.00000280. The zero-order valence-corrected chi connectivity index (χ0v) is 16.6. The highest BCUT2D eigenvalue weighted by Gasteiger charge is 2.25. The standard InChI is InChI=1S/C20H25N3O4.ClH/c1-14(21)15-5-3-9-23(12-15)19(24)13-27-17-7-2-6-16(11-17)22-20(25)18-8-4-10-26-18;/h2,4,6-8,10-11,14-15H,3,5,9,12-13,21H2,1H3,(H,22,25);1H. The molecule has 0 bridgehead atoms. The van der Waals surface area contributed by atoms with Crippen molar-refractivity contribution in [1.82, 2.24) is 4.90 Å². The molecule has 0 aliphatic carbocycles. The number of amides is 2. The van der Waals surface area contributed by atoms with Crippen LogP contribution in [0.2, 0.25) is 0 Å². The minimum Gasteiger partial charge on any atom is -0.484 e. The highest BCUT2D eigenvalue weighted by Crippen LogP contribution is 2.21. The van der Waals surface area contributed by atoms with Crippen molar-refractivity contribution in [3.05, 3.63) is 48.4 Å². The molecule has 1 saturated heterocycles. The number of hydrogen-bond donors (Lipinski definition) is 2. The van der Waals surface area contributed by atoms with Gasteiger partial charge in [-0.3, -0.25) is 9.59 Å². The maximum atomic E-state index is 12.4. The molecule has 2 atom stereocenters. The fraction of sp³-hybridized carbons (Fsp3) is 0.400. The number of nitrogens with two attached hydrogens (primary N) is 1. The predicted molar refractivity (Wildman–Crippen MR) is 109 cm³/mol. The second-order valence-electron chi connectivity index (χ2n) is 6.85. The maximum absolute atomic E-state index is 12.4. The Hall–Kier alpha value is -2.51. The smallest absolute Gasteiger partial charge is 0.291 e. The van der Waals surface area contributed by atoms with Gasteiger partial charge in [0.1, 0.15) is 5.75 Å². The lowest BCUT2D eigenvalue weighted by Gasteiger charge is -2.34. The summed E-state index contributed by atoms with van der Waals surface area (Å²) in [4.78, 5) is 26.3. The van der Waals surface area contributed by atoms with Crippen LogP contribution in [-0.4, -0.2) is 42.5 Å². The molecule has 2 heterocycles. The Kier molecular flexibility index (Phi) is 7.90. The first-order valence-electron chi connectivity index (χ1n) is 9.14. The number of piperidine rings is 1. The van der Waals surface area contributed by atoms with Crippen molar-refractivity contribution in [2.24, 2.45) is 11.7 Å². The van der Waals surface area contributed by atoms with Gasteiger partial charge in [-0.05, 0) is 49.9 Å². The molecule has 28 heavy (non-hydrogen) atoms. The van der Waals surface area contributed by atoms with Crippen molar-refractivity contribution in [3.8, 4) is 5.75 Å². The summed E-state index contributed by atoms with van der Waals surface area (Å²) in [5, 5.41) is 2.73. The van der Waals surface area contributed by atoms with E-state index in [2.05, 4.69) is 5.32 Å². The molecule has 8 heteroatoms. The quantitative estimate of drug-likeness (QED) is 0.767. The molecule has 2 unspecified atom stereocenters. The Morgan fingerprint density at radius 2 is 2.18 bits per heavy atom. The molecule has 1 aliphatic heterocycles. The lowest BCUT2D eigenvalue weighted by molar-refractivity contribution is -0.135. The Bertz CT molecular complexity index is 780. The van der Waals surface area contributed by atoms with Crippen LogP contribution in [0.4, 0.5) is 5.69 Å². The van der Waals surface area contributed by atoms with Gasteiger partial charge in [-0.2, -0.15) is 0 Å². The molecular weight excluding hydrogens is 382 g/mol. The third kappa shape index (κ3) is 5.74. The summed E-state index contributed by atoms with van der Waals surface area (Å²) in [6.45, 7) is 3.36. The first-order valence-corrected chi connectivity index (χ1v) is 9.14. The molecule has 2 aromatic rings. The Labute approximate surface area is 170 Å². The van der Waals surface area contributed by atoms with Crippen LogP contribution in [0.3, 0.4) is 0 Å². The molecule has 152 valence electrons. The first kappa shape index (κ1) is 21.8. The average Bonchev–Trinajstić information content (AvgIpc) is 3.21. The van der Waals surface area contributed by atoms with Crippen molar-refractivity contribution in [2.75, 3.05) is 25.0 Å². The fourth-order valence-corrected chi connectivity index (χ4v) is 3.17. The van der Waals surface area contributed by atoms with E-state index in [1.165, 1.54) is 6.26 Å². The molecule has 0 spiro atoms. The normalized spacial score (nSPS) is 17.4. The molecule has 3 N–H and O–H groups in total. The molecule has 1 aliphatic rings. The molecule has 7 nitrogen and oxygen atoms in total. The molecule has 1 aromatic heterocycles. The highest BCUT2D eigenvalue weighted by molar-refractivity contribution is 6.02. The number of nitrogens with one attached hydrogen (secondary N) is 1. The van der Waals surface area contributed by atoms with E-state index in [-0.39, 0.29) is 42.6 Å². The summed E-state index contributed by atoms with van der Waals surface area (Å²) in [5.74, 6) is 0.684. The van der Waals surface area contributed by atoms with E-state index in [4.69, 9.17) is 14.9 Å². The number of carbonyl (C=O) groups is 2. The number of benzene rings is 1. The average molecular weight is 408 g/mol. The van der Waals surface area contributed by atoms with Gasteiger partial charge in [-0.1, -0.05) is 6.07 Å². The Morgan fingerprint density at radius 3 is 2.89 bits per heavy atom. The van der Waals surface area contributed by atoms with Gasteiger partial charge in [0, 0.05) is 30.9 Å². The minimum absolute atomic E-state index is 0. The van der Waals surface area contributed by atoms with Gasteiger partial charge in [0.05, 0.1) is 6.26 Å². The number of nitrogens with zero attached hydrogens (tertiary/aromatic N) is 1. The molecular formula is C20H26ClN3O4. The fourth-order valence-electron chi connectivity index (χ4n) is 3.17. The second kappa shape index (κ2) is 10.1. The van der Waals surface area contributed by atoms with Crippen molar-refractivity contribution < 1.29 is 18.7 Å². The van der Waals surface area contributed by atoms with Crippen LogP contribution in [0.25, 0.3) is 0 Å². The number of ether oxygens (including phenoxy) is 1. The van der Waals surface area contributed by atoms with Crippen LogP contribution >= 0.6 is 12.4 Å². The van der Waals surface area contributed by atoms with Crippen molar-refractivity contribution in [2.45, 2.75) is 25.8 Å². The third-order valence-electron chi connectivity index (χ3n) is 4.75. The molecule has 0 saturated carbocycles. The van der Waals surface area contributed by atoms with Gasteiger partial charge < -0.3 is 25.1 Å². The molecule has 1 aromatic carbocycles. The van der Waals surface area contributed by atoms with E-state index in [0.717, 1.165) is 19.4 Å². The lowest BCUT2D eigenvalue weighted by atomic mass is 9.92. The van der Waals surface area contributed by atoms with Crippen LogP contribution in [0.15, 0.2) is 47.1 Å². The van der Waals surface area contributed by atoms with E-state index in [1.54, 1.807) is 36.4 Å². The number of carbonyl (C=O) groups excluding carboxylic acids is 2. The monoisotopic (exact) mass is 407 g/mol. The summed E-state index contributed by atoms with van der Waals surface area (Å²) >= 11 is 0. The largest absolute Gasteiger partial charge is 0.484 e. The number of likely N-dealkylation sites (tertiary alicyclic amines) is 1. The number of rotatable bonds is 6. The van der Waals surface area contributed by atoms with Gasteiger partial charge in [-0.25, -0.2) is 0 Å². The molecule has 1 fully saturated rings. The summed E-state index contributed by atoms with van der Waals surface area (Å²) in [7, 11) is 0. The van der Waals surface area contributed by atoms with Crippen molar-refractivity contribution in [3.63, 3.8) is 0 Å². The SMILES string of the molecule is CC(N)C1CCCN(C(=O)COc2cccc(NC(=O)c3ccco3)c2)C1.Cl. The summed E-state index contributed by atoms with van der Waals surface area (Å²) in [6, 6.07) is 10.2. The first-order chi connectivity index (χ1) is 13.0. The van der Waals surface area contributed by atoms with Crippen LogP contribution in [-0.2, 0) is 4.79 Å². The Morgan fingerprint density at radius 1 is 1.36 bits per heavy atom. The van der Waals surface area contributed by atoms with Crippen LogP contribution in [0.5, 0.6) is 5.75 Å². The van der Waals surface area contributed by atoms with Crippen LogP contribution in [0, 0.1) is 5.92 Å². The zero-order valence-electron chi connectivity index (χ0n) is 15.8. The van der Waals surface area contributed by atoms with E-state index < -0.39 is 0 Å². The van der Waals surface area contributed by atoms with E-state index in [0.29, 0.717) is 23.9 Å². The molecule has 3 rings (SSSR count). The van der Waals surface area contributed by atoms with E-state index >= 15 is 0 Å². The topological polar surface area (TPSA) is 97.8 Å². The summed E-state index contributed by atoms with van der Waals surface area (Å²) in [5.41, 5.74) is 6.54. The van der Waals surface area contributed by atoms with Gasteiger partial charge in [0.15, 0.2) is 12.4 Å². The number of halogens is 1. The van der Waals surface area contributed by atoms with Crippen LogP contribution in [0.1, 0.15) is 30.3 Å². The second-order valence-corrected chi connectivity index (χ2v) is 6.85. The predicted octanol–water partition coefficient (Wildman–Crippen LogP) is 2.92. The van der Waals surface area contributed by atoms with E-state index in [1.807, 2.05) is 11.8 Å². The minimum atomic E-state index is -0.344. The zero-order chi connectivity index (χ0) is 19.2. The summed E-state index contributed by atoms with van der Waals surface area (Å²) < 4.78 is 10.7.